The molecule has 0 unspecified atom stereocenters. The molecule has 0 bridgehead atoms. The van der Waals surface area contributed by atoms with Crippen LogP contribution in [0.4, 0.5) is 5.95 Å². The number of likely N-dealkylation sites (N-methyl/N-ethyl adjacent to an activating group) is 1. The average molecular weight is 242 g/mol. The Balaban J connectivity index is 2.18. The molecule has 0 fully saturated rings. The smallest absolute Gasteiger partial charge is 0.225 e. The summed E-state index contributed by atoms with van der Waals surface area (Å²) in [4.78, 5) is 25.3. The Kier molecular flexibility index (Phi) is 3.62. The lowest BCUT2D eigenvalue weighted by molar-refractivity contribution is -0.115. The monoisotopic (exact) mass is 242 g/mol. The molecular weight excluding hydrogens is 228 g/mol. The minimum Gasteiger partial charge on any atom is -0.337 e. The Morgan fingerprint density at radius 1 is 1.22 bits per heavy atom. The number of aromatic nitrogens is 3. The van der Waals surface area contributed by atoms with Crippen LogP contribution < -0.4 is 4.90 Å². The number of Topliss-reactive ketones (excluding diaryl/α,β-unsaturated/α-hetero) is 1. The molecule has 0 amide bonds. The third-order valence-electron chi connectivity index (χ3n) is 2.43. The van der Waals surface area contributed by atoms with Crippen LogP contribution in [0.3, 0.4) is 0 Å². The van der Waals surface area contributed by atoms with E-state index in [1.54, 1.807) is 43.7 Å². The van der Waals surface area contributed by atoms with Crippen LogP contribution in [-0.2, 0) is 4.79 Å². The molecule has 2 aromatic rings. The SMILES string of the molecule is CC(=O)CN(C)c1ncc(-c2cccnc2)cn1. The lowest BCUT2D eigenvalue weighted by Crippen LogP contribution is -2.25. The van der Waals surface area contributed by atoms with Crippen LogP contribution in [0.15, 0.2) is 36.9 Å². The predicted molar refractivity (Wildman–Crippen MR) is 69.2 cm³/mol. The lowest BCUT2D eigenvalue weighted by atomic mass is 10.2. The highest BCUT2D eigenvalue weighted by Crippen LogP contribution is 2.16. The molecule has 92 valence electrons. The fraction of sp³-hybridized carbons (Fsp3) is 0.231. The van der Waals surface area contributed by atoms with Crippen molar-refractivity contribution in [3.63, 3.8) is 0 Å². The second kappa shape index (κ2) is 5.35. The summed E-state index contributed by atoms with van der Waals surface area (Å²) in [6.07, 6.45) is 6.95. The zero-order valence-electron chi connectivity index (χ0n) is 10.4. The summed E-state index contributed by atoms with van der Waals surface area (Å²) in [5, 5.41) is 0. The molecule has 5 heteroatoms. The van der Waals surface area contributed by atoms with Crippen molar-refractivity contribution in [2.24, 2.45) is 0 Å². The highest BCUT2D eigenvalue weighted by molar-refractivity contribution is 5.80. The molecule has 0 saturated carbocycles. The maximum absolute atomic E-state index is 11.0. The molecule has 2 rings (SSSR count). The maximum Gasteiger partial charge on any atom is 0.225 e. The number of ketones is 1. The van der Waals surface area contributed by atoms with E-state index in [-0.39, 0.29) is 5.78 Å². The van der Waals surface area contributed by atoms with E-state index in [2.05, 4.69) is 15.0 Å². The highest BCUT2D eigenvalue weighted by Gasteiger charge is 2.06. The van der Waals surface area contributed by atoms with E-state index < -0.39 is 0 Å². The summed E-state index contributed by atoms with van der Waals surface area (Å²) >= 11 is 0. The Labute approximate surface area is 106 Å². The molecule has 0 radical (unpaired) electrons. The Morgan fingerprint density at radius 2 is 1.94 bits per heavy atom. The predicted octanol–water partition coefficient (Wildman–Crippen LogP) is 1.56. The Bertz CT molecular complexity index is 524. The quantitative estimate of drug-likeness (QED) is 0.814. The summed E-state index contributed by atoms with van der Waals surface area (Å²) in [5.74, 6) is 0.621. The molecule has 0 saturated heterocycles. The van der Waals surface area contributed by atoms with Crippen molar-refractivity contribution in [3.05, 3.63) is 36.9 Å². The van der Waals surface area contributed by atoms with E-state index in [0.29, 0.717) is 12.5 Å². The zero-order valence-corrected chi connectivity index (χ0v) is 10.4. The highest BCUT2D eigenvalue weighted by atomic mass is 16.1. The summed E-state index contributed by atoms with van der Waals surface area (Å²) in [6.45, 7) is 1.85. The first-order chi connectivity index (χ1) is 8.66. The van der Waals surface area contributed by atoms with Crippen molar-refractivity contribution < 1.29 is 4.79 Å². The lowest BCUT2D eigenvalue weighted by Gasteiger charge is -2.14. The third kappa shape index (κ3) is 2.88. The molecule has 0 aliphatic heterocycles. The van der Waals surface area contributed by atoms with E-state index in [1.807, 2.05) is 12.1 Å². The van der Waals surface area contributed by atoms with E-state index in [9.17, 15) is 4.79 Å². The van der Waals surface area contributed by atoms with Gasteiger partial charge in [0.2, 0.25) is 5.95 Å². The average Bonchev–Trinajstić information content (AvgIpc) is 2.39. The summed E-state index contributed by atoms with van der Waals surface area (Å²) in [7, 11) is 1.79. The van der Waals surface area contributed by atoms with Crippen molar-refractivity contribution in [1.29, 1.82) is 0 Å². The number of nitrogens with zero attached hydrogens (tertiary/aromatic N) is 4. The van der Waals surface area contributed by atoms with E-state index in [4.69, 9.17) is 0 Å². The maximum atomic E-state index is 11.0. The molecule has 18 heavy (non-hydrogen) atoms. The van der Waals surface area contributed by atoms with E-state index >= 15 is 0 Å². The van der Waals surface area contributed by atoms with Crippen molar-refractivity contribution in [1.82, 2.24) is 15.0 Å². The summed E-state index contributed by atoms with van der Waals surface area (Å²) in [5.41, 5.74) is 1.88. The van der Waals surface area contributed by atoms with Gasteiger partial charge in [0.15, 0.2) is 0 Å². The van der Waals surface area contributed by atoms with Crippen LogP contribution >= 0.6 is 0 Å². The summed E-state index contributed by atoms with van der Waals surface area (Å²) < 4.78 is 0. The van der Waals surface area contributed by atoms with Gasteiger partial charge in [0.25, 0.3) is 0 Å². The summed E-state index contributed by atoms with van der Waals surface area (Å²) in [6, 6.07) is 3.82. The van der Waals surface area contributed by atoms with Crippen molar-refractivity contribution in [2.75, 3.05) is 18.5 Å². The number of pyridine rings is 1. The van der Waals surface area contributed by atoms with E-state index in [1.165, 1.54) is 0 Å². The molecule has 0 aliphatic rings. The normalized spacial score (nSPS) is 10.1. The standard InChI is InChI=1S/C13H14N4O/c1-10(18)9-17(2)13-15-7-12(8-16-13)11-4-3-5-14-6-11/h3-8H,9H2,1-2H3. The van der Waals surface area contributed by atoms with Gasteiger partial charge >= 0.3 is 0 Å². The van der Waals surface area contributed by atoms with Gasteiger partial charge in [-0.2, -0.15) is 0 Å². The second-order valence-corrected chi connectivity index (χ2v) is 4.07. The molecule has 0 aromatic carbocycles. The number of hydrogen-bond donors (Lipinski definition) is 0. The van der Waals surface area contributed by atoms with Gasteiger partial charge in [-0.25, -0.2) is 9.97 Å². The molecule has 2 aromatic heterocycles. The number of anilines is 1. The van der Waals surface area contributed by atoms with Gasteiger partial charge in [-0.15, -0.1) is 0 Å². The van der Waals surface area contributed by atoms with Gasteiger partial charge in [-0.1, -0.05) is 6.07 Å². The molecule has 0 N–H and O–H groups in total. The Hall–Kier alpha value is -2.30. The van der Waals surface area contributed by atoms with Gasteiger partial charge in [-0.3, -0.25) is 9.78 Å². The largest absolute Gasteiger partial charge is 0.337 e. The van der Waals surface area contributed by atoms with Crippen LogP contribution in [0.5, 0.6) is 0 Å². The van der Waals surface area contributed by atoms with Crippen LogP contribution in [-0.4, -0.2) is 34.3 Å². The van der Waals surface area contributed by atoms with Crippen molar-refractivity contribution in [3.8, 4) is 11.1 Å². The fourth-order valence-corrected chi connectivity index (χ4v) is 1.61. The van der Waals surface area contributed by atoms with Crippen molar-refractivity contribution in [2.45, 2.75) is 6.92 Å². The first-order valence-electron chi connectivity index (χ1n) is 5.60. The first kappa shape index (κ1) is 12.2. The van der Waals surface area contributed by atoms with Crippen LogP contribution in [0.1, 0.15) is 6.92 Å². The first-order valence-corrected chi connectivity index (χ1v) is 5.60. The molecular formula is C13H14N4O. The van der Waals surface area contributed by atoms with Crippen LogP contribution in [0.25, 0.3) is 11.1 Å². The van der Waals surface area contributed by atoms with Gasteiger partial charge in [0.05, 0.1) is 6.54 Å². The molecule has 2 heterocycles. The number of hydrogen-bond acceptors (Lipinski definition) is 5. The molecule has 0 atom stereocenters. The third-order valence-corrected chi connectivity index (χ3v) is 2.43. The zero-order chi connectivity index (χ0) is 13.0. The van der Waals surface area contributed by atoms with Gasteiger partial charge in [0.1, 0.15) is 5.78 Å². The van der Waals surface area contributed by atoms with Gasteiger partial charge < -0.3 is 4.90 Å². The molecule has 0 aliphatic carbocycles. The van der Waals surface area contributed by atoms with Crippen LogP contribution in [0, 0.1) is 0 Å². The minimum atomic E-state index is 0.0810. The van der Waals surface area contributed by atoms with E-state index in [0.717, 1.165) is 11.1 Å². The topological polar surface area (TPSA) is 59.0 Å². The fourth-order valence-electron chi connectivity index (χ4n) is 1.61. The minimum absolute atomic E-state index is 0.0810. The second-order valence-electron chi connectivity index (χ2n) is 4.07. The van der Waals surface area contributed by atoms with Gasteiger partial charge in [-0.05, 0) is 13.0 Å². The molecule has 0 spiro atoms. The number of carbonyl (C=O) groups excluding carboxylic acids is 1. The number of carbonyl (C=O) groups is 1. The Morgan fingerprint density at radius 3 is 2.50 bits per heavy atom. The van der Waals surface area contributed by atoms with Gasteiger partial charge in [0, 0.05) is 43.0 Å². The van der Waals surface area contributed by atoms with Crippen LogP contribution in [0.2, 0.25) is 0 Å². The van der Waals surface area contributed by atoms with Crippen molar-refractivity contribution >= 4 is 11.7 Å². The molecule has 5 nitrogen and oxygen atoms in total. The number of rotatable bonds is 4.